The zero-order chi connectivity index (χ0) is 13.5. The molecule has 0 bridgehead atoms. The van der Waals surface area contributed by atoms with Crippen LogP contribution in [0.3, 0.4) is 0 Å². The molecule has 0 atom stereocenters. The van der Waals surface area contributed by atoms with Crippen LogP contribution in [-0.4, -0.2) is 23.6 Å². The fourth-order valence-corrected chi connectivity index (χ4v) is 1.74. The molecule has 19 heavy (non-hydrogen) atoms. The molecule has 0 aliphatic carbocycles. The summed E-state index contributed by atoms with van der Waals surface area (Å²) in [5.41, 5.74) is 6.90. The molecule has 0 saturated carbocycles. The molecular formula is C14H18N4O. The number of nitrogens with one attached hydrogen (secondary N) is 1. The van der Waals surface area contributed by atoms with Crippen LogP contribution in [0.1, 0.15) is 12.0 Å². The van der Waals surface area contributed by atoms with Gasteiger partial charge in [0.25, 0.3) is 0 Å². The standard InChI is InChI=1S/C14H18N4O/c1-16-12-10-13(18-14(15)17-12)19-9-5-8-11-6-3-2-4-7-11/h2-4,6-7,10H,5,8-9H2,1H3,(H3,15,16,17,18). The number of anilines is 2. The Bertz CT molecular complexity index is 516. The molecule has 100 valence electrons. The molecule has 0 unspecified atom stereocenters. The smallest absolute Gasteiger partial charge is 0.225 e. The van der Waals surface area contributed by atoms with E-state index >= 15 is 0 Å². The van der Waals surface area contributed by atoms with Crippen molar-refractivity contribution < 1.29 is 4.74 Å². The topological polar surface area (TPSA) is 73.1 Å². The molecule has 2 aromatic rings. The van der Waals surface area contributed by atoms with Gasteiger partial charge in [-0.1, -0.05) is 30.3 Å². The van der Waals surface area contributed by atoms with Crippen molar-refractivity contribution >= 4 is 11.8 Å². The van der Waals surface area contributed by atoms with Gasteiger partial charge in [-0.15, -0.1) is 0 Å². The molecule has 2 rings (SSSR count). The minimum atomic E-state index is 0.213. The van der Waals surface area contributed by atoms with Crippen LogP contribution in [0.25, 0.3) is 0 Å². The van der Waals surface area contributed by atoms with Crippen LogP contribution in [0.5, 0.6) is 5.88 Å². The molecule has 5 nitrogen and oxygen atoms in total. The SMILES string of the molecule is CNc1cc(OCCCc2ccccc2)nc(N)n1. The first-order valence-electron chi connectivity index (χ1n) is 6.27. The number of hydrogen-bond donors (Lipinski definition) is 2. The Morgan fingerprint density at radius 3 is 2.74 bits per heavy atom. The van der Waals surface area contributed by atoms with Gasteiger partial charge in [-0.05, 0) is 18.4 Å². The van der Waals surface area contributed by atoms with E-state index in [-0.39, 0.29) is 5.95 Å². The van der Waals surface area contributed by atoms with Gasteiger partial charge in [0.15, 0.2) is 0 Å². The Balaban J connectivity index is 1.81. The van der Waals surface area contributed by atoms with Gasteiger partial charge in [0.1, 0.15) is 5.82 Å². The highest BCUT2D eigenvalue weighted by atomic mass is 16.5. The average Bonchev–Trinajstić information content (AvgIpc) is 2.44. The molecule has 0 spiro atoms. The fourth-order valence-electron chi connectivity index (χ4n) is 1.74. The highest BCUT2D eigenvalue weighted by molar-refractivity contribution is 5.42. The number of rotatable bonds is 6. The number of aromatic nitrogens is 2. The third kappa shape index (κ3) is 4.13. The Hall–Kier alpha value is -2.30. The summed E-state index contributed by atoms with van der Waals surface area (Å²) in [6.07, 6.45) is 1.92. The molecule has 0 aliphatic rings. The monoisotopic (exact) mass is 258 g/mol. The third-order valence-electron chi connectivity index (χ3n) is 2.68. The van der Waals surface area contributed by atoms with Crippen molar-refractivity contribution in [2.75, 3.05) is 24.7 Å². The Morgan fingerprint density at radius 2 is 2.00 bits per heavy atom. The van der Waals surface area contributed by atoms with Gasteiger partial charge < -0.3 is 15.8 Å². The second-order valence-corrected chi connectivity index (χ2v) is 4.14. The van der Waals surface area contributed by atoms with E-state index in [9.17, 15) is 0 Å². The second-order valence-electron chi connectivity index (χ2n) is 4.14. The highest BCUT2D eigenvalue weighted by Crippen LogP contribution is 2.14. The lowest BCUT2D eigenvalue weighted by Gasteiger charge is -2.07. The molecule has 0 fully saturated rings. The summed E-state index contributed by atoms with van der Waals surface area (Å²) in [7, 11) is 1.78. The highest BCUT2D eigenvalue weighted by Gasteiger charge is 2.02. The van der Waals surface area contributed by atoms with Crippen molar-refractivity contribution in [1.29, 1.82) is 0 Å². The number of nitrogens with zero attached hydrogens (tertiary/aromatic N) is 2. The predicted molar refractivity (Wildman–Crippen MR) is 76.2 cm³/mol. The van der Waals surface area contributed by atoms with Crippen molar-refractivity contribution in [3.8, 4) is 5.88 Å². The van der Waals surface area contributed by atoms with Crippen molar-refractivity contribution in [2.24, 2.45) is 0 Å². The summed E-state index contributed by atoms with van der Waals surface area (Å²) < 4.78 is 5.58. The number of aryl methyl sites for hydroxylation is 1. The van der Waals surface area contributed by atoms with E-state index in [0.29, 0.717) is 18.3 Å². The molecule has 3 N–H and O–H groups in total. The first kappa shape index (κ1) is 13.1. The molecule has 1 aromatic heterocycles. The van der Waals surface area contributed by atoms with E-state index in [1.807, 2.05) is 18.2 Å². The van der Waals surface area contributed by atoms with Crippen LogP contribution >= 0.6 is 0 Å². The molecule has 1 heterocycles. The maximum atomic E-state index is 5.59. The van der Waals surface area contributed by atoms with Crippen molar-refractivity contribution in [2.45, 2.75) is 12.8 Å². The predicted octanol–water partition coefficient (Wildman–Crippen LogP) is 2.11. The third-order valence-corrected chi connectivity index (χ3v) is 2.68. The Labute approximate surface area is 112 Å². The minimum Gasteiger partial charge on any atom is -0.477 e. The van der Waals surface area contributed by atoms with Crippen LogP contribution in [-0.2, 0) is 6.42 Å². The van der Waals surface area contributed by atoms with Gasteiger partial charge in [-0.3, -0.25) is 0 Å². The van der Waals surface area contributed by atoms with Crippen LogP contribution in [0.4, 0.5) is 11.8 Å². The quantitative estimate of drug-likeness (QED) is 0.776. The number of nitrogen functional groups attached to an aromatic ring is 1. The molecule has 1 aromatic carbocycles. The Kier molecular flexibility index (Phi) is 4.55. The van der Waals surface area contributed by atoms with E-state index in [2.05, 4.69) is 27.4 Å². The first-order chi connectivity index (χ1) is 9.28. The normalized spacial score (nSPS) is 10.2. The lowest BCUT2D eigenvalue weighted by Crippen LogP contribution is -2.05. The average molecular weight is 258 g/mol. The van der Waals surface area contributed by atoms with Gasteiger partial charge >= 0.3 is 0 Å². The summed E-state index contributed by atoms with van der Waals surface area (Å²) in [6, 6.07) is 12.1. The van der Waals surface area contributed by atoms with Crippen molar-refractivity contribution in [3.63, 3.8) is 0 Å². The maximum Gasteiger partial charge on any atom is 0.225 e. The van der Waals surface area contributed by atoms with Crippen molar-refractivity contribution in [3.05, 3.63) is 42.0 Å². The summed E-state index contributed by atoms with van der Waals surface area (Å²) in [5, 5.41) is 2.91. The largest absolute Gasteiger partial charge is 0.477 e. The number of hydrogen-bond acceptors (Lipinski definition) is 5. The lowest BCUT2D eigenvalue weighted by atomic mass is 10.1. The lowest BCUT2D eigenvalue weighted by molar-refractivity contribution is 0.299. The van der Waals surface area contributed by atoms with E-state index in [1.165, 1.54) is 5.56 Å². The van der Waals surface area contributed by atoms with Gasteiger partial charge in [0.05, 0.1) is 6.61 Å². The van der Waals surface area contributed by atoms with E-state index in [4.69, 9.17) is 10.5 Å². The van der Waals surface area contributed by atoms with Gasteiger partial charge in [0, 0.05) is 13.1 Å². The molecule has 0 radical (unpaired) electrons. The zero-order valence-corrected chi connectivity index (χ0v) is 11.0. The summed E-state index contributed by atoms with van der Waals surface area (Å²) in [4.78, 5) is 8.03. The fraction of sp³-hybridized carbons (Fsp3) is 0.286. The maximum absolute atomic E-state index is 5.59. The molecule has 0 amide bonds. The van der Waals surface area contributed by atoms with Crippen LogP contribution < -0.4 is 15.8 Å². The van der Waals surface area contributed by atoms with Crippen LogP contribution in [0.15, 0.2) is 36.4 Å². The van der Waals surface area contributed by atoms with E-state index < -0.39 is 0 Å². The van der Waals surface area contributed by atoms with Gasteiger partial charge in [-0.25, -0.2) is 0 Å². The molecule has 0 saturated heterocycles. The van der Waals surface area contributed by atoms with Crippen LogP contribution in [0.2, 0.25) is 0 Å². The molecular weight excluding hydrogens is 240 g/mol. The van der Waals surface area contributed by atoms with Crippen molar-refractivity contribution in [1.82, 2.24) is 9.97 Å². The first-order valence-corrected chi connectivity index (χ1v) is 6.27. The zero-order valence-electron chi connectivity index (χ0n) is 11.0. The number of benzene rings is 1. The molecule has 0 aliphatic heterocycles. The molecule has 5 heteroatoms. The number of nitrogens with two attached hydrogens (primary N) is 1. The summed E-state index contributed by atoms with van der Waals surface area (Å²) in [5.74, 6) is 1.38. The second kappa shape index (κ2) is 6.58. The minimum absolute atomic E-state index is 0.213. The van der Waals surface area contributed by atoms with E-state index in [0.717, 1.165) is 12.8 Å². The summed E-state index contributed by atoms with van der Waals surface area (Å²) in [6.45, 7) is 0.606. The van der Waals surface area contributed by atoms with Gasteiger partial charge in [0.2, 0.25) is 11.8 Å². The number of ether oxygens (including phenoxy) is 1. The van der Waals surface area contributed by atoms with Crippen LogP contribution in [0, 0.1) is 0 Å². The van der Waals surface area contributed by atoms with Gasteiger partial charge in [-0.2, -0.15) is 9.97 Å². The Morgan fingerprint density at radius 1 is 1.21 bits per heavy atom. The van der Waals surface area contributed by atoms with E-state index in [1.54, 1.807) is 13.1 Å². The summed E-state index contributed by atoms with van der Waals surface area (Å²) >= 11 is 0.